The topological polar surface area (TPSA) is 73.2 Å². The van der Waals surface area contributed by atoms with Crippen molar-refractivity contribution in [2.75, 3.05) is 0 Å². The van der Waals surface area contributed by atoms with Crippen LogP contribution in [0.25, 0.3) is 10.8 Å². The molecule has 170 valence electrons. The molecular weight excluding hydrogens is 426 g/mol. The molecule has 34 heavy (non-hydrogen) atoms. The summed E-state index contributed by atoms with van der Waals surface area (Å²) >= 11 is 0. The average Bonchev–Trinajstić information content (AvgIpc) is 3.41. The van der Waals surface area contributed by atoms with E-state index in [0.717, 1.165) is 42.2 Å². The first-order valence-corrected chi connectivity index (χ1v) is 11.8. The molecule has 0 spiro atoms. The Labute approximate surface area is 197 Å². The summed E-state index contributed by atoms with van der Waals surface area (Å²) in [5.74, 6) is 0.792. The molecule has 0 saturated heterocycles. The van der Waals surface area contributed by atoms with Gasteiger partial charge in [0.05, 0.1) is 29.6 Å². The highest BCUT2D eigenvalue weighted by Gasteiger charge is 2.32. The number of fused-ring (bicyclic) bond motifs is 3. The molecule has 0 radical (unpaired) electrons. The minimum atomic E-state index is -0.479. The highest BCUT2D eigenvalue weighted by molar-refractivity contribution is 5.90. The van der Waals surface area contributed by atoms with E-state index in [2.05, 4.69) is 5.32 Å². The van der Waals surface area contributed by atoms with Gasteiger partial charge in [-0.15, -0.1) is 0 Å². The number of amides is 1. The zero-order valence-electron chi connectivity index (χ0n) is 18.7. The Morgan fingerprint density at radius 2 is 1.47 bits per heavy atom. The van der Waals surface area contributed by atoms with Crippen LogP contribution in [0.5, 0.6) is 11.5 Å². The largest absolute Gasteiger partial charge is 0.457 e. The van der Waals surface area contributed by atoms with Crippen molar-refractivity contribution >= 4 is 16.7 Å². The summed E-state index contributed by atoms with van der Waals surface area (Å²) in [6.45, 7) is 0.244. The molecule has 6 nitrogen and oxygen atoms in total. The maximum absolute atomic E-state index is 13.6. The molecule has 1 aliphatic carbocycles. The molecule has 1 N–H and O–H groups in total. The predicted molar refractivity (Wildman–Crippen MR) is 130 cm³/mol. The maximum Gasteiger partial charge on any atom is 0.274 e. The minimum absolute atomic E-state index is 0.0511. The highest BCUT2D eigenvalue weighted by Crippen LogP contribution is 2.43. The van der Waals surface area contributed by atoms with Crippen molar-refractivity contribution in [3.8, 4) is 11.5 Å². The van der Waals surface area contributed by atoms with E-state index in [-0.39, 0.29) is 24.1 Å². The monoisotopic (exact) mass is 451 g/mol. The molecule has 6 rings (SSSR count). The Balaban J connectivity index is 1.35. The van der Waals surface area contributed by atoms with Gasteiger partial charge in [0.1, 0.15) is 11.5 Å². The van der Waals surface area contributed by atoms with E-state index in [1.165, 1.54) is 0 Å². The van der Waals surface area contributed by atoms with Crippen molar-refractivity contribution in [2.24, 2.45) is 0 Å². The van der Waals surface area contributed by atoms with Crippen LogP contribution in [0.1, 0.15) is 54.5 Å². The normalized spacial score (nSPS) is 15.5. The Morgan fingerprint density at radius 3 is 2.15 bits per heavy atom. The Hall–Kier alpha value is -3.93. The van der Waals surface area contributed by atoms with Crippen LogP contribution in [0.3, 0.4) is 0 Å². The molecule has 3 aromatic carbocycles. The van der Waals surface area contributed by atoms with Crippen LogP contribution in [0.4, 0.5) is 0 Å². The van der Waals surface area contributed by atoms with Gasteiger partial charge < -0.3 is 10.1 Å². The number of hydrogen-bond acceptors (Lipinski definition) is 4. The summed E-state index contributed by atoms with van der Waals surface area (Å²) in [7, 11) is 0. The lowest BCUT2D eigenvalue weighted by Crippen LogP contribution is -2.33. The van der Waals surface area contributed by atoms with Crippen molar-refractivity contribution in [1.82, 2.24) is 15.1 Å². The third-order valence-corrected chi connectivity index (χ3v) is 6.95. The average molecular weight is 452 g/mol. The number of nitrogens with one attached hydrogen (secondary N) is 1. The second kappa shape index (κ2) is 8.45. The van der Waals surface area contributed by atoms with Gasteiger partial charge in [-0.05, 0) is 31.0 Å². The lowest BCUT2D eigenvalue weighted by molar-refractivity contribution is -0.122. The molecule has 1 amide bonds. The Bertz CT molecular complexity index is 1410. The number of rotatable bonds is 4. The van der Waals surface area contributed by atoms with E-state index in [0.29, 0.717) is 22.6 Å². The highest BCUT2D eigenvalue weighted by atomic mass is 16.5. The summed E-state index contributed by atoms with van der Waals surface area (Å²) in [6.07, 6.45) is 4.15. The zero-order chi connectivity index (χ0) is 23.1. The first-order chi connectivity index (χ1) is 16.7. The minimum Gasteiger partial charge on any atom is -0.457 e. The number of benzene rings is 3. The molecule has 1 fully saturated rings. The molecule has 1 aliphatic heterocycles. The van der Waals surface area contributed by atoms with Crippen LogP contribution in [0, 0.1) is 0 Å². The van der Waals surface area contributed by atoms with Gasteiger partial charge in [0.2, 0.25) is 5.91 Å². The third kappa shape index (κ3) is 3.46. The second-order valence-corrected chi connectivity index (χ2v) is 9.01. The molecule has 2 aliphatic rings. The first-order valence-electron chi connectivity index (χ1n) is 11.8. The molecule has 4 aromatic rings. The van der Waals surface area contributed by atoms with Gasteiger partial charge in [-0.2, -0.15) is 5.10 Å². The lowest BCUT2D eigenvalue weighted by atomic mass is 9.87. The number of aromatic nitrogens is 2. The van der Waals surface area contributed by atoms with Gasteiger partial charge in [0.25, 0.3) is 5.56 Å². The summed E-state index contributed by atoms with van der Waals surface area (Å²) in [6, 6.07) is 23.0. The van der Waals surface area contributed by atoms with Gasteiger partial charge in [0, 0.05) is 16.5 Å². The second-order valence-electron chi connectivity index (χ2n) is 9.01. The molecule has 1 aromatic heterocycles. The molecule has 0 atom stereocenters. The summed E-state index contributed by atoms with van der Waals surface area (Å²) < 4.78 is 7.68. The SMILES string of the molecule is O=C(NCc1nn(C2CCCC2)c(=O)c2ccccc12)C1c2ccccc2Oc2ccccc21. The number of nitrogens with zero attached hydrogens (tertiary/aromatic N) is 2. The first kappa shape index (κ1) is 20.7. The van der Waals surface area contributed by atoms with Crippen LogP contribution in [0.2, 0.25) is 0 Å². The van der Waals surface area contributed by atoms with E-state index in [9.17, 15) is 9.59 Å². The van der Waals surface area contributed by atoms with Gasteiger partial charge in [-0.3, -0.25) is 9.59 Å². The van der Waals surface area contributed by atoms with Crippen molar-refractivity contribution < 1.29 is 9.53 Å². The number of ether oxygens (including phenoxy) is 1. The van der Waals surface area contributed by atoms with Crippen molar-refractivity contribution in [2.45, 2.75) is 44.2 Å². The quantitative estimate of drug-likeness (QED) is 0.470. The summed E-state index contributed by atoms with van der Waals surface area (Å²) in [5.41, 5.74) is 2.34. The maximum atomic E-state index is 13.6. The van der Waals surface area contributed by atoms with Crippen molar-refractivity contribution in [3.63, 3.8) is 0 Å². The number of hydrogen-bond donors (Lipinski definition) is 1. The van der Waals surface area contributed by atoms with Gasteiger partial charge in [-0.25, -0.2) is 4.68 Å². The number of para-hydroxylation sites is 2. The summed E-state index contributed by atoms with van der Waals surface area (Å²) in [5, 5.41) is 9.30. The van der Waals surface area contributed by atoms with Crippen molar-refractivity contribution in [1.29, 1.82) is 0 Å². The smallest absolute Gasteiger partial charge is 0.274 e. The van der Waals surface area contributed by atoms with Crippen LogP contribution < -0.4 is 15.6 Å². The Morgan fingerprint density at radius 1 is 0.882 bits per heavy atom. The third-order valence-electron chi connectivity index (χ3n) is 6.95. The molecule has 0 bridgehead atoms. The van der Waals surface area contributed by atoms with Gasteiger partial charge in [-0.1, -0.05) is 67.4 Å². The van der Waals surface area contributed by atoms with E-state index < -0.39 is 5.92 Å². The van der Waals surface area contributed by atoms with Gasteiger partial charge >= 0.3 is 0 Å². The standard InChI is InChI=1S/C28H25N3O3/c32-27(26-21-13-5-7-15-24(21)34-25-16-8-6-14-22(25)26)29-17-23-19-11-3-4-12-20(19)28(33)31(30-23)18-9-1-2-10-18/h3-8,11-16,18,26H,1-2,9-10,17H2,(H,29,32). The number of carbonyl (C=O) groups is 1. The van der Waals surface area contributed by atoms with Crippen LogP contribution >= 0.6 is 0 Å². The van der Waals surface area contributed by atoms with Crippen LogP contribution in [-0.2, 0) is 11.3 Å². The molecule has 2 heterocycles. The van der Waals surface area contributed by atoms with E-state index in [1.807, 2.05) is 72.8 Å². The number of carbonyl (C=O) groups excluding carboxylic acids is 1. The van der Waals surface area contributed by atoms with Crippen molar-refractivity contribution in [3.05, 3.63) is 100.0 Å². The Kier molecular flexibility index (Phi) is 5.13. The fraction of sp³-hybridized carbons (Fsp3) is 0.250. The van der Waals surface area contributed by atoms with E-state index in [4.69, 9.17) is 9.84 Å². The molecular formula is C28H25N3O3. The zero-order valence-corrected chi connectivity index (χ0v) is 18.7. The van der Waals surface area contributed by atoms with E-state index in [1.54, 1.807) is 4.68 Å². The lowest BCUT2D eigenvalue weighted by Gasteiger charge is -2.27. The van der Waals surface area contributed by atoms with Crippen LogP contribution in [-0.4, -0.2) is 15.7 Å². The predicted octanol–water partition coefficient (Wildman–Crippen LogP) is 5.07. The van der Waals surface area contributed by atoms with E-state index >= 15 is 0 Å². The van der Waals surface area contributed by atoms with Crippen LogP contribution in [0.15, 0.2) is 77.6 Å². The molecule has 6 heteroatoms. The molecule has 0 unspecified atom stereocenters. The molecule has 1 saturated carbocycles. The summed E-state index contributed by atoms with van der Waals surface area (Å²) in [4.78, 5) is 26.7. The van der Waals surface area contributed by atoms with Gasteiger partial charge in [0.15, 0.2) is 0 Å². The fourth-order valence-electron chi connectivity index (χ4n) is 5.27. The fourth-order valence-corrected chi connectivity index (χ4v) is 5.27.